The van der Waals surface area contributed by atoms with Crippen LogP contribution in [0.25, 0.3) is 0 Å². The van der Waals surface area contributed by atoms with Gasteiger partial charge in [0.15, 0.2) is 10.7 Å². The molecular formula is C16H21F2N7O3S. The van der Waals surface area contributed by atoms with Gasteiger partial charge in [0.05, 0.1) is 31.7 Å². The van der Waals surface area contributed by atoms with E-state index in [1.165, 1.54) is 28.0 Å². The molecule has 0 saturated carbocycles. The van der Waals surface area contributed by atoms with Gasteiger partial charge in [-0.1, -0.05) is 5.21 Å². The first-order valence-corrected chi connectivity index (χ1v) is 10.7. The summed E-state index contributed by atoms with van der Waals surface area (Å²) in [5, 5.41) is 7.40. The third-order valence-corrected chi connectivity index (χ3v) is 6.92. The Hall–Kier alpha value is -2.41. The first-order valence-electron chi connectivity index (χ1n) is 9.23. The van der Waals surface area contributed by atoms with Gasteiger partial charge in [0, 0.05) is 32.8 Å². The minimum Gasteiger partial charge on any atom is -0.339 e. The average molecular weight is 429 g/mol. The van der Waals surface area contributed by atoms with Gasteiger partial charge in [0.2, 0.25) is 0 Å². The van der Waals surface area contributed by atoms with Crippen molar-refractivity contribution in [2.24, 2.45) is 7.05 Å². The molecule has 4 rings (SSSR count). The Morgan fingerprint density at radius 1 is 1.28 bits per heavy atom. The summed E-state index contributed by atoms with van der Waals surface area (Å²) in [6.45, 7) is 0.236. The van der Waals surface area contributed by atoms with Crippen molar-refractivity contribution in [1.29, 1.82) is 0 Å². The summed E-state index contributed by atoms with van der Waals surface area (Å²) >= 11 is 0. The van der Waals surface area contributed by atoms with Crippen molar-refractivity contribution in [3.05, 3.63) is 24.4 Å². The summed E-state index contributed by atoms with van der Waals surface area (Å²) < 4.78 is 57.3. The minimum atomic E-state index is -4.20. The first kappa shape index (κ1) is 19.9. The highest BCUT2D eigenvalue weighted by Gasteiger charge is 2.50. The minimum absolute atomic E-state index is 0.121. The van der Waals surface area contributed by atoms with Crippen molar-refractivity contribution >= 4 is 15.9 Å². The van der Waals surface area contributed by atoms with E-state index in [4.69, 9.17) is 0 Å². The van der Waals surface area contributed by atoms with Crippen LogP contribution in [0.2, 0.25) is 0 Å². The van der Waals surface area contributed by atoms with Crippen LogP contribution in [0.3, 0.4) is 0 Å². The highest BCUT2D eigenvalue weighted by atomic mass is 32.2. The van der Waals surface area contributed by atoms with E-state index < -0.39 is 35.0 Å². The number of carbonyl (C=O) groups excluding carboxylic acids is 1. The summed E-state index contributed by atoms with van der Waals surface area (Å²) in [5.74, 6) is -3.43. The van der Waals surface area contributed by atoms with Crippen LogP contribution < -0.4 is 0 Å². The Kier molecular flexibility index (Phi) is 4.89. The van der Waals surface area contributed by atoms with Crippen molar-refractivity contribution in [3.63, 3.8) is 0 Å². The summed E-state index contributed by atoms with van der Waals surface area (Å²) in [5.41, 5.74) is 0.121. The Labute approximate surface area is 166 Å². The van der Waals surface area contributed by atoms with Crippen LogP contribution in [0.15, 0.2) is 23.7 Å². The number of hydrogen-bond donors (Lipinski definition) is 0. The Bertz CT molecular complexity index is 1010. The van der Waals surface area contributed by atoms with Crippen molar-refractivity contribution in [1.82, 2.24) is 33.8 Å². The number of imidazole rings is 1. The zero-order chi connectivity index (χ0) is 20.8. The lowest BCUT2D eigenvalue weighted by molar-refractivity contribution is 0.0168. The molecule has 0 aliphatic carbocycles. The van der Waals surface area contributed by atoms with E-state index in [1.807, 2.05) is 0 Å². The van der Waals surface area contributed by atoms with E-state index in [0.29, 0.717) is 13.1 Å². The van der Waals surface area contributed by atoms with Crippen molar-refractivity contribution in [3.8, 4) is 0 Å². The molecule has 1 atom stereocenters. The number of halogens is 2. The summed E-state index contributed by atoms with van der Waals surface area (Å²) in [6.07, 6.45) is 5.15. The highest BCUT2D eigenvalue weighted by Crippen LogP contribution is 2.36. The molecule has 0 aromatic carbocycles. The lowest BCUT2D eigenvalue weighted by atomic mass is 10.2. The van der Waals surface area contributed by atoms with Gasteiger partial charge in [-0.25, -0.2) is 22.2 Å². The fraction of sp³-hybridized carbons (Fsp3) is 0.625. The van der Waals surface area contributed by atoms with E-state index in [0.717, 1.165) is 17.1 Å². The number of carbonyl (C=O) groups is 1. The number of nitrogens with zero attached hydrogens (tertiary/aromatic N) is 7. The Morgan fingerprint density at radius 2 is 2.00 bits per heavy atom. The second-order valence-corrected chi connectivity index (χ2v) is 9.30. The third kappa shape index (κ3) is 3.88. The lowest BCUT2D eigenvalue weighted by Gasteiger charge is -2.21. The normalized spacial score (nSPS) is 22.4. The van der Waals surface area contributed by atoms with Gasteiger partial charge < -0.3 is 9.47 Å². The second kappa shape index (κ2) is 7.13. The number of sulfonamides is 1. The zero-order valence-corrected chi connectivity index (χ0v) is 16.6. The quantitative estimate of drug-likeness (QED) is 0.679. The van der Waals surface area contributed by atoms with Crippen LogP contribution in [0.5, 0.6) is 0 Å². The molecule has 29 heavy (non-hydrogen) atoms. The summed E-state index contributed by atoms with van der Waals surface area (Å²) in [7, 11) is -2.60. The molecular weight excluding hydrogens is 408 g/mol. The maximum Gasteiger partial charge on any atom is 0.276 e. The monoisotopic (exact) mass is 429 g/mol. The predicted octanol–water partition coefficient (Wildman–Crippen LogP) is 0.346. The fourth-order valence-corrected chi connectivity index (χ4v) is 5.34. The maximum atomic E-state index is 14.1. The number of likely N-dealkylation sites (tertiary alicyclic amines) is 1. The van der Waals surface area contributed by atoms with Crippen LogP contribution >= 0.6 is 0 Å². The van der Waals surface area contributed by atoms with Crippen LogP contribution in [-0.2, 0) is 23.6 Å². The molecule has 1 amide bonds. The molecule has 2 aromatic rings. The molecule has 0 bridgehead atoms. The largest absolute Gasteiger partial charge is 0.339 e. The molecule has 4 heterocycles. The molecule has 10 nitrogen and oxygen atoms in total. The molecule has 0 N–H and O–H groups in total. The van der Waals surface area contributed by atoms with Crippen LogP contribution in [0, 0.1) is 0 Å². The average Bonchev–Trinajstić information content (AvgIpc) is 3.41. The SMILES string of the molecule is Cn1cnc(S(=O)(=O)N2CC(F)(F)C[C@H]2Cn2cc(C(=O)N3CCCC3)nn2)c1. The molecule has 0 spiro atoms. The van der Waals surface area contributed by atoms with E-state index in [9.17, 15) is 22.0 Å². The van der Waals surface area contributed by atoms with E-state index in [1.54, 1.807) is 11.9 Å². The topological polar surface area (TPSA) is 106 Å². The molecule has 0 radical (unpaired) electrons. The Morgan fingerprint density at radius 3 is 2.66 bits per heavy atom. The molecule has 2 aliphatic rings. The number of alkyl halides is 2. The second-order valence-electron chi connectivity index (χ2n) is 7.47. The molecule has 2 aromatic heterocycles. The molecule has 0 unspecified atom stereocenters. The van der Waals surface area contributed by atoms with E-state index in [-0.39, 0.29) is 23.2 Å². The van der Waals surface area contributed by atoms with Crippen LogP contribution in [0.4, 0.5) is 8.78 Å². The van der Waals surface area contributed by atoms with Gasteiger partial charge in [0.1, 0.15) is 0 Å². The number of rotatable bonds is 5. The Balaban J connectivity index is 1.54. The molecule has 2 aliphatic heterocycles. The fourth-order valence-electron chi connectivity index (χ4n) is 3.73. The zero-order valence-electron chi connectivity index (χ0n) is 15.8. The third-order valence-electron chi connectivity index (χ3n) is 5.13. The number of amides is 1. The lowest BCUT2D eigenvalue weighted by Crippen LogP contribution is -2.39. The van der Waals surface area contributed by atoms with Crippen molar-refractivity contribution < 1.29 is 22.0 Å². The standard InChI is InChI=1S/C16H21F2N7O3S/c1-22-9-14(19-11-22)29(27,28)25-10-16(17,18)6-12(25)7-24-8-13(20-21-24)15(26)23-4-2-3-5-23/h8-9,11-12H,2-7,10H2,1H3/t12-/m0/s1. The smallest absolute Gasteiger partial charge is 0.276 e. The highest BCUT2D eigenvalue weighted by molar-refractivity contribution is 7.89. The van der Waals surface area contributed by atoms with Crippen molar-refractivity contribution in [2.75, 3.05) is 19.6 Å². The molecule has 13 heteroatoms. The first-order chi connectivity index (χ1) is 13.7. The number of aromatic nitrogens is 5. The molecule has 2 fully saturated rings. The van der Waals surface area contributed by atoms with E-state index in [2.05, 4.69) is 15.3 Å². The van der Waals surface area contributed by atoms with Crippen LogP contribution in [0.1, 0.15) is 29.8 Å². The van der Waals surface area contributed by atoms with E-state index >= 15 is 0 Å². The van der Waals surface area contributed by atoms with Gasteiger partial charge in [-0.2, -0.15) is 4.31 Å². The number of aryl methyl sites for hydroxylation is 1. The molecule has 158 valence electrons. The molecule has 2 saturated heterocycles. The van der Waals surface area contributed by atoms with Gasteiger partial charge in [-0.05, 0) is 12.8 Å². The maximum absolute atomic E-state index is 14.1. The van der Waals surface area contributed by atoms with Crippen molar-refractivity contribution in [2.45, 2.75) is 42.8 Å². The van der Waals surface area contributed by atoms with Crippen LogP contribution in [-0.4, -0.2) is 79.7 Å². The number of hydrogen-bond acceptors (Lipinski definition) is 6. The van der Waals surface area contributed by atoms with Gasteiger partial charge >= 0.3 is 0 Å². The summed E-state index contributed by atoms with van der Waals surface area (Å²) in [4.78, 5) is 17.8. The summed E-state index contributed by atoms with van der Waals surface area (Å²) in [6, 6.07) is -1.03. The van der Waals surface area contributed by atoms with Gasteiger partial charge in [0.25, 0.3) is 21.9 Å². The van der Waals surface area contributed by atoms with Gasteiger partial charge in [-0.15, -0.1) is 5.10 Å². The van der Waals surface area contributed by atoms with Gasteiger partial charge in [-0.3, -0.25) is 9.48 Å². The predicted molar refractivity (Wildman–Crippen MR) is 95.6 cm³/mol.